The lowest BCUT2D eigenvalue weighted by Crippen LogP contribution is -2.70. The Bertz CT molecular complexity index is 984. The molecule has 4 rings (SSSR count). The molecule has 188 valence electrons. The van der Waals surface area contributed by atoms with Gasteiger partial charge in [-0.2, -0.15) is 0 Å². The average molecular weight is 501 g/mol. The van der Waals surface area contributed by atoms with E-state index in [-0.39, 0.29) is 31.3 Å². The maximum absolute atomic E-state index is 17.2. The van der Waals surface area contributed by atoms with Gasteiger partial charge in [-0.1, -0.05) is 26.8 Å². The molecule has 34 heavy (non-hydrogen) atoms. The van der Waals surface area contributed by atoms with Gasteiger partial charge in [0.25, 0.3) is 0 Å². The summed E-state index contributed by atoms with van der Waals surface area (Å²) in [6, 6.07) is -1.02. The van der Waals surface area contributed by atoms with Crippen LogP contribution in [-0.2, 0) is 19.1 Å². The molecule has 0 aromatic carbocycles. The first-order chi connectivity index (χ1) is 15.8. The number of hydrogen-bond acceptors (Lipinski definition) is 6. The molecule has 4 aliphatic rings. The molecule has 0 aromatic rings. The van der Waals surface area contributed by atoms with E-state index in [1.165, 1.54) is 19.1 Å². The van der Waals surface area contributed by atoms with Gasteiger partial charge in [-0.15, -0.1) is 0 Å². The number of allylic oxidation sites excluding steroid dienone is 4. The van der Waals surface area contributed by atoms with E-state index in [0.29, 0.717) is 11.8 Å². The van der Waals surface area contributed by atoms with Crippen LogP contribution in [0.2, 0.25) is 0 Å². The number of carbonyl (C=O) groups excluding carboxylic acids is 3. The minimum atomic E-state index is -2.30. The van der Waals surface area contributed by atoms with Crippen molar-refractivity contribution in [1.29, 1.82) is 0 Å². The van der Waals surface area contributed by atoms with Crippen LogP contribution in [0.1, 0.15) is 53.4 Å². The van der Waals surface area contributed by atoms with Gasteiger partial charge in [-0.3, -0.25) is 14.4 Å². The molecule has 4 aliphatic carbocycles. The number of aliphatic hydroxyl groups excluding tert-OH is 1. The van der Waals surface area contributed by atoms with Crippen LogP contribution in [0, 0.1) is 28.6 Å². The zero-order chi connectivity index (χ0) is 25.3. The topological polar surface area (TPSA) is 80.7 Å². The van der Waals surface area contributed by atoms with Gasteiger partial charge in [0.1, 0.15) is 12.2 Å². The van der Waals surface area contributed by atoms with E-state index >= 15 is 8.78 Å². The summed E-state index contributed by atoms with van der Waals surface area (Å²) in [6.07, 6.45) is 0.160. The number of ether oxygens (including phenoxy) is 1. The van der Waals surface area contributed by atoms with Gasteiger partial charge < -0.3 is 9.84 Å². The highest BCUT2D eigenvalue weighted by molar-refractivity contribution is 8.13. The van der Waals surface area contributed by atoms with Crippen molar-refractivity contribution in [3.63, 3.8) is 0 Å². The van der Waals surface area contributed by atoms with E-state index in [1.807, 2.05) is 0 Å². The summed E-state index contributed by atoms with van der Waals surface area (Å²) in [7, 11) is 0. The third-order valence-electron chi connectivity index (χ3n) is 9.22. The molecule has 0 radical (unpaired) electrons. The first-order valence-corrected chi connectivity index (χ1v) is 12.7. The van der Waals surface area contributed by atoms with Crippen LogP contribution in [0.25, 0.3) is 0 Å². The van der Waals surface area contributed by atoms with Crippen molar-refractivity contribution >= 4 is 28.6 Å². The van der Waals surface area contributed by atoms with Crippen LogP contribution >= 0.6 is 11.8 Å². The second kappa shape index (κ2) is 8.22. The third-order valence-corrected chi connectivity index (χ3v) is 9.90. The van der Waals surface area contributed by atoms with Crippen LogP contribution < -0.4 is 0 Å². The summed E-state index contributed by atoms with van der Waals surface area (Å²) < 4.78 is 51.8. The number of esters is 1. The molecule has 1 N–H and O–H groups in total. The smallest absolute Gasteiger partial charge is 0.306 e. The van der Waals surface area contributed by atoms with Gasteiger partial charge in [0.2, 0.25) is 5.12 Å². The molecule has 3 fully saturated rings. The van der Waals surface area contributed by atoms with Crippen LogP contribution in [0.5, 0.6) is 0 Å². The van der Waals surface area contributed by atoms with Gasteiger partial charge in [-0.25, -0.2) is 13.2 Å². The molecule has 3 saturated carbocycles. The zero-order valence-corrected chi connectivity index (χ0v) is 20.6. The minimum absolute atomic E-state index is 0.0141. The highest BCUT2D eigenvalue weighted by atomic mass is 32.2. The lowest BCUT2D eigenvalue weighted by Gasteiger charge is -2.63. The Labute approximate surface area is 201 Å². The highest BCUT2D eigenvalue weighted by Crippen LogP contribution is 2.72. The normalized spacial score (nSPS) is 47.4. The van der Waals surface area contributed by atoms with Gasteiger partial charge in [0.15, 0.2) is 17.1 Å². The summed E-state index contributed by atoms with van der Waals surface area (Å²) in [6.45, 7) is 6.45. The van der Waals surface area contributed by atoms with Crippen molar-refractivity contribution < 1.29 is 37.4 Å². The van der Waals surface area contributed by atoms with Crippen LogP contribution in [-0.4, -0.2) is 51.5 Å². The third kappa shape index (κ3) is 3.01. The molecular weight excluding hydrogens is 469 g/mol. The quantitative estimate of drug-likeness (QED) is 0.576. The zero-order valence-electron chi connectivity index (χ0n) is 19.8. The molecule has 0 bridgehead atoms. The number of hydrogen-bond donors (Lipinski definition) is 1. The average Bonchev–Trinajstić information content (AvgIpc) is 2.99. The van der Waals surface area contributed by atoms with Gasteiger partial charge in [0.05, 0.1) is 6.10 Å². The second-order valence-electron chi connectivity index (χ2n) is 10.6. The number of carbonyl (C=O) groups is 3. The maximum atomic E-state index is 17.2. The Balaban J connectivity index is 1.87. The van der Waals surface area contributed by atoms with Crippen LogP contribution in [0.3, 0.4) is 0 Å². The number of aliphatic hydroxyl groups is 1. The summed E-state index contributed by atoms with van der Waals surface area (Å²) in [5, 5.41) is 10.7. The predicted octanol–water partition coefficient (Wildman–Crippen LogP) is 4.43. The van der Waals surface area contributed by atoms with Crippen molar-refractivity contribution in [2.45, 2.75) is 76.9 Å². The minimum Gasteiger partial charge on any atom is -0.449 e. The monoisotopic (exact) mass is 500 g/mol. The van der Waals surface area contributed by atoms with Crippen molar-refractivity contribution in [3.8, 4) is 0 Å². The van der Waals surface area contributed by atoms with Crippen molar-refractivity contribution in [1.82, 2.24) is 0 Å². The number of thioether (sulfide) groups is 1. The number of ketones is 1. The van der Waals surface area contributed by atoms with E-state index in [4.69, 9.17) is 4.74 Å². The van der Waals surface area contributed by atoms with E-state index in [2.05, 4.69) is 0 Å². The molecular formula is C25H31F3O5S. The predicted molar refractivity (Wildman–Crippen MR) is 121 cm³/mol. The van der Waals surface area contributed by atoms with Crippen molar-refractivity contribution in [2.24, 2.45) is 28.6 Å². The van der Waals surface area contributed by atoms with Gasteiger partial charge in [0, 0.05) is 29.1 Å². The Morgan fingerprint density at radius 2 is 1.94 bits per heavy atom. The standard InChI is InChI=1S/C25H31F3O5S/c1-5-20(31)33-25(21(32)34-12-26)13(2)8-15-16-10-18(27)17-9-14(29)6-7-22(17,3)24(16,28)19(30)11-23(15,25)4/h6-7,9,13,15-16,18-19,30H,5,8,10-12H2,1-4H3/t13?,15-,16-,18?,19?,22-,23-,24-,25?/m0/s1. The fourth-order valence-corrected chi connectivity index (χ4v) is 8.42. The summed E-state index contributed by atoms with van der Waals surface area (Å²) in [5.74, 6) is -3.30. The largest absolute Gasteiger partial charge is 0.449 e. The molecule has 5 nitrogen and oxygen atoms in total. The molecule has 0 heterocycles. The first-order valence-electron chi connectivity index (χ1n) is 11.7. The molecule has 0 spiro atoms. The van der Waals surface area contributed by atoms with Gasteiger partial charge in [-0.05, 0) is 61.6 Å². The lowest BCUT2D eigenvalue weighted by molar-refractivity contribution is -0.228. The summed E-state index contributed by atoms with van der Waals surface area (Å²) in [4.78, 5) is 37.8. The van der Waals surface area contributed by atoms with E-state index in [0.717, 1.165) is 6.08 Å². The molecule has 0 amide bonds. The SMILES string of the molecule is CCC(=O)OC1(C(=O)SCF)C(C)C[C@H]2[C@@H]3CC(F)C4=CC(=O)C=C[C@]4(C)[C@@]3(F)C(O)C[C@@]21C. The molecule has 9 atom stereocenters. The Kier molecular flexibility index (Phi) is 6.16. The summed E-state index contributed by atoms with van der Waals surface area (Å²) >= 11 is 0.396. The Morgan fingerprint density at radius 1 is 1.26 bits per heavy atom. The molecule has 4 unspecified atom stereocenters. The van der Waals surface area contributed by atoms with E-state index in [9.17, 15) is 23.9 Å². The van der Waals surface area contributed by atoms with E-state index in [1.54, 1.807) is 20.8 Å². The number of rotatable bonds is 4. The number of fused-ring (bicyclic) bond motifs is 5. The van der Waals surface area contributed by atoms with Gasteiger partial charge >= 0.3 is 5.97 Å². The fourth-order valence-electron chi connectivity index (χ4n) is 7.63. The molecule has 0 saturated heterocycles. The van der Waals surface area contributed by atoms with E-state index < -0.39 is 75.0 Å². The maximum Gasteiger partial charge on any atom is 0.306 e. The first kappa shape index (κ1) is 25.5. The molecule has 0 aromatic heterocycles. The number of halogens is 3. The fraction of sp³-hybridized carbons (Fsp3) is 0.720. The lowest BCUT2D eigenvalue weighted by atomic mass is 9.44. The molecule has 9 heteroatoms. The van der Waals surface area contributed by atoms with Crippen LogP contribution in [0.4, 0.5) is 13.2 Å². The number of alkyl halides is 3. The Hall–Kier alpha value is -1.61. The Morgan fingerprint density at radius 3 is 2.56 bits per heavy atom. The highest BCUT2D eigenvalue weighted by Gasteiger charge is 2.78. The molecule has 0 aliphatic heterocycles. The second-order valence-corrected chi connectivity index (χ2v) is 11.5. The van der Waals surface area contributed by atoms with Crippen LogP contribution in [0.15, 0.2) is 23.8 Å². The van der Waals surface area contributed by atoms with Crippen molar-refractivity contribution in [3.05, 3.63) is 23.8 Å². The van der Waals surface area contributed by atoms with Crippen molar-refractivity contribution in [2.75, 3.05) is 6.01 Å². The summed E-state index contributed by atoms with van der Waals surface area (Å²) in [5.41, 5.74) is -6.84.